The maximum absolute atomic E-state index is 13.6. The molecule has 1 aliphatic rings. The highest BCUT2D eigenvalue weighted by molar-refractivity contribution is 7.20. The maximum atomic E-state index is 13.6. The number of halogens is 1. The highest BCUT2D eigenvalue weighted by Crippen LogP contribution is 2.42. The number of nitrogens with zero attached hydrogens (tertiary/aromatic N) is 2. The molecule has 0 saturated heterocycles. The second-order valence-corrected chi connectivity index (χ2v) is 7.30. The van der Waals surface area contributed by atoms with Crippen LogP contribution >= 0.6 is 11.3 Å². The van der Waals surface area contributed by atoms with Gasteiger partial charge in [0.25, 0.3) is 0 Å². The molecule has 23 heavy (non-hydrogen) atoms. The maximum Gasteiger partial charge on any atom is 0.123 e. The van der Waals surface area contributed by atoms with E-state index in [1.165, 1.54) is 31.4 Å². The SMILES string of the molecule is OC(c1c(-c2cccc(F)c2)sc2cncn12)C1CCCCC1. The average molecular weight is 330 g/mol. The Balaban J connectivity index is 1.83. The number of rotatable bonds is 3. The third-order valence-electron chi connectivity index (χ3n) is 4.77. The van der Waals surface area contributed by atoms with Crippen molar-refractivity contribution in [2.75, 3.05) is 0 Å². The minimum absolute atomic E-state index is 0.253. The van der Waals surface area contributed by atoms with Crippen LogP contribution < -0.4 is 0 Å². The van der Waals surface area contributed by atoms with Crippen molar-refractivity contribution < 1.29 is 9.50 Å². The molecule has 1 atom stereocenters. The molecule has 2 aromatic heterocycles. The van der Waals surface area contributed by atoms with E-state index in [1.807, 2.05) is 10.5 Å². The van der Waals surface area contributed by atoms with Gasteiger partial charge in [-0.1, -0.05) is 31.4 Å². The predicted molar refractivity (Wildman–Crippen MR) is 90.0 cm³/mol. The van der Waals surface area contributed by atoms with Crippen LogP contribution in [0.2, 0.25) is 0 Å². The van der Waals surface area contributed by atoms with Crippen LogP contribution in [0.3, 0.4) is 0 Å². The Morgan fingerprint density at radius 2 is 2.09 bits per heavy atom. The molecule has 0 aliphatic heterocycles. The average Bonchev–Trinajstić information content (AvgIpc) is 3.15. The lowest BCUT2D eigenvalue weighted by Crippen LogP contribution is -2.17. The Morgan fingerprint density at radius 3 is 2.87 bits per heavy atom. The third-order valence-corrected chi connectivity index (χ3v) is 5.93. The molecule has 3 nitrogen and oxygen atoms in total. The molecule has 1 unspecified atom stereocenters. The van der Waals surface area contributed by atoms with Crippen molar-refractivity contribution in [3.05, 3.63) is 48.3 Å². The van der Waals surface area contributed by atoms with Crippen molar-refractivity contribution in [2.24, 2.45) is 5.92 Å². The summed E-state index contributed by atoms with van der Waals surface area (Å²) >= 11 is 1.56. The summed E-state index contributed by atoms with van der Waals surface area (Å²) in [5, 5.41) is 11.0. The van der Waals surface area contributed by atoms with Gasteiger partial charge in [0.15, 0.2) is 0 Å². The molecule has 2 heterocycles. The van der Waals surface area contributed by atoms with Crippen LogP contribution in [-0.2, 0) is 0 Å². The van der Waals surface area contributed by atoms with E-state index in [4.69, 9.17) is 0 Å². The van der Waals surface area contributed by atoms with Gasteiger partial charge in [-0.25, -0.2) is 9.37 Å². The van der Waals surface area contributed by atoms with Gasteiger partial charge in [-0.2, -0.15) is 0 Å². The molecule has 0 spiro atoms. The van der Waals surface area contributed by atoms with E-state index in [0.29, 0.717) is 0 Å². The molecule has 5 heteroatoms. The minimum atomic E-state index is -0.531. The first-order valence-electron chi connectivity index (χ1n) is 8.13. The summed E-state index contributed by atoms with van der Waals surface area (Å²) in [7, 11) is 0. The number of imidazole rings is 1. The zero-order chi connectivity index (χ0) is 15.8. The lowest BCUT2D eigenvalue weighted by molar-refractivity contribution is 0.0811. The van der Waals surface area contributed by atoms with E-state index in [1.54, 1.807) is 29.9 Å². The van der Waals surface area contributed by atoms with E-state index < -0.39 is 6.10 Å². The third kappa shape index (κ3) is 2.68. The summed E-state index contributed by atoms with van der Waals surface area (Å²) in [6, 6.07) is 6.60. The molecule has 1 aromatic carbocycles. The number of thiazole rings is 1. The quantitative estimate of drug-likeness (QED) is 0.748. The number of aliphatic hydroxyl groups is 1. The van der Waals surface area contributed by atoms with E-state index in [2.05, 4.69) is 4.98 Å². The summed E-state index contributed by atoms with van der Waals surface area (Å²) in [6.07, 6.45) is 8.72. The van der Waals surface area contributed by atoms with Crippen molar-refractivity contribution in [2.45, 2.75) is 38.2 Å². The molecular weight excluding hydrogens is 311 g/mol. The molecule has 0 radical (unpaired) electrons. The second-order valence-electron chi connectivity index (χ2n) is 6.27. The summed E-state index contributed by atoms with van der Waals surface area (Å²) in [5.74, 6) is 0.0214. The number of hydrogen-bond acceptors (Lipinski definition) is 3. The number of benzene rings is 1. The summed E-state index contributed by atoms with van der Waals surface area (Å²) in [6.45, 7) is 0. The monoisotopic (exact) mass is 330 g/mol. The Bertz CT molecular complexity index is 819. The zero-order valence-corrected chi connectivity index (χ0v) is 13.6. The van der Waals surface area contributed by atoms with Gasteiger partial charge in [0.05, 0.1) is 22.9 Å². The van der Waals surface area contributed by atoms with E-state index in [0.717, 1.165) is 33.8 Å². The van der Waals surface area contributed by atoms with Crippen LogP contribution in [0.15, 0.2) is 36.8 Å². The smallest absolute Gasteiger partial charge is 0.123 e. The lowest BCUT2D eigenvalue weighted by atomic mass is 9.83. The van der Waals surface area contributed by atoms with Gasteiger partial charge in [0.2, 0.25) is 0 Å². The Kier molecular flexibility index (Phi) is 3.91. The summed E-state index contributed by atoms with van der Waals surface area (Å²) in [5.41, 5.74) is 1.68. The second kappa shape index (κ2) is 6.06. The highest BCUT2D eigenvalue weighted by Gasteiger charge is 2.29. The Morgan fingerprint density at radius 1 is 1.26 bits per heavy atom. The first kappa shape index (κ1) is 14.8. The van der Waals surface area contributed by atoms with Gasteiger partial charge in [-0.3, -0.25) is 4.40 Å². The van der Waals surface area contributed by atoms with Crippen LogP contribution in [0, 0.1) is 11.7 Å². The van der Waals surface area contributed by atoms with E-state index in [9.17, 15) is 9.50 Å². The molecule has 1 aliphatic carbocycles. The summed E-state index contributed by atoms with van der Waals surface area (Å²) < 4.78 is 15.6. The van der Waals surface area contributed by atoms with Crippen molar-refractivity contribution in [3.8, 4) is 10.4 Å². The topological polar surface area (TPSA) is 37.5 Å². The van der Waals surface area contributed by atoms with Gasteiger partial charge in [-0.05, 0) is 36.5 Å². The standard InChI is InChI=1S/C18H19FN2OS/c19-14-8-4-7-13(9-14)18-16(21-11-20-10-15(21)23-18)17(22)12-5-2-1-3-6-12/h4,7-12,17,22H,1-3,5-6H2. The molecule has 120 valence electrons. The zero-order valence-electron chi connectivity index (χ0n) is 12.8. The first-order valence-corrected chi connectivity index (χ1v) is 8.94. The molecule has 1 fully saturated rings. The molecule has 1 saturated carbocycles. The van der Waals surface area contributed by atoms with Gasteiger partial charge < -0.3 is 5.11 Å². The van der Waals surface area contributed by atoms with Crippen molar-refractivity contribution in [3.63, 3.8) is 0 Å². The Hall–Kier alpha value is -1.72. The van der Waals surface area contributed by atoms with Crippen LogP contribution in [-0.4, -0.2) is 14.5 Å². The van der Waals surface area contributed by atoms with E-state index >= 15 is 0 Å². The van der Waals surface area contributed by atoms with Gasteiger partial charge >= 0.3 is 0 Å². The number of fused-ring (bicyclic) bond motifs is 1. The minimum Gasteiger partial charge on any atom is -0.387 e. The lowest BCUT2D eigenvalue weighted by Gasteiger charge is -2.27. The van der Waals surface area contributed by atoms with Gasteiger partial charge in [-0.15, -0.1) is 11.3 Å². The molecule has 3 aromatic rings. The van der Waals surface area contributed by atoms with Crippen molar-refractivity contribution in [1.29, 1.82) is 0 Å². The Labute approximate surface area is 138 Å². The molecule has 0 bridgehead atoms. The first-order chi connectivity index (χ1) is 11.2. The molecule has 4 rings (SSSR count). The normalized spacial score (nSPS) is 17.7. The summed E-state index contributed by atoms with van der Waals surface area (Å²) in [4.78, 5) is 6.12. The fourth-order valence-electron chi connectivity index (χ4n) is 3.59. The van der Waals surface area contributed by atoms with Crippen LogP contribution in [0.25, 0.3) is 15.3 Å². The molecular formula is C18H19FN2OS. The fourth-order valence-corrected chi connectivity index (χ4v) is 4.73. The highest BCUT2D eigenvalue weighted by atomic mass is 32.1. The van der Waals surface area contributed by atoms with Gasteiger partial charge in [0.1, 0.15) is 17.0 Å². The largest absolute Gasteiger partial charge is 0.387 e. The van der Waals surface area contributed by atoms with Crippen molar-refractivity contribution >= 4 is 16.2 Å². The van der Waals surface area contributed by atoms with Crippen molar-refractivity contribution in [1.82, 2.24) is 9.38 Å². The number of aromatic nitrogens is 2. The molecule has 0 amide bonds. The van der Waals surface area contributed by atoms with Crippen LogP contribution in [0.5, 0.6) is 0 Å². The van der Waals surface area contributed by atoms with Crippen LogP contribution in [0.1, 0.15) is 43.9 Å². The van der Waals surface area contributed by atoms with Gasteiger partial charge in [0, 0.05) is 0 Å². The number of hydrogen-bond donors (Lipinski definition) is 1. The number of aliphatic hydroxyl groups excluding tert-OH is 1. The fraction of sp³-hybridized carbons (Fsp3) is 0.389. The molecule has 1 N–H and O–H groups in total. The van der Waals surface area contributed by atoms with Crippen LogP contribution in [0.4, 0.5) is 4.39 Å². The predicted octanol–water partition coefficient (Wildman–Crippen LogP) is 4.82. The van der Waals surface area contributed by atoms with E-state index in [-0.39, 0.29) is 11.7 Å².